The topological polar surface area (TPSA) is 80.0 Å². The summed E-state index contributed by atoms with van der Waals surface area (Å²) in [6.45, 7) is 3.66. The van der Waals surface area contributed by atoms with Crippen LogP contribution in [0.2, 0.25) is 0 Å². The Morgan fingerprint density at radius 2 is 2.26 bits per heavy atom. The van der Waals surface area contributed by atoms with E-state index in [0.29, 0.717) is 10.7 Å². The molecule has 1 aliphatic rings. The lowest BCUT2D eigenvalue weighted by Gasteiger charge is -2.25. The van der Waals surface area contributed by atoms with Crippen LogP contribution in [0.4, 0.5) is 10.9 Å². The molecule has 6 heteroatoms. The minimum Gasteiger partial charge on any atom is -0.382 e. The Bertz CT molecular complexity index is 428. The molecule has 1 fully saturated rings. The van der Waals surface area contributed by atoms with Gasteiger partial charge in [0.25, 0.3) is 5.91 Å². The van der Waals surface area contributed by atoms with Crippen LogP contribution in [0.1, 0.15) is 48.7 Å². The summed E-state index contributed by atoms with van der Waals surface area (Å²) in [5, 5.41) is 6.81. The third-order valence-corrected chi connectivity index (χ3v) is 4.48. The number of nitrogens with two attached hydrogens (primary N) is 1. The van der Waals surface area contributed by atoms with Crippen molar-refractivity contribution in [2.24, 2.45) is 5.92 Å². The lowest BCUT2D eigenvalue weighted by Crippen LogP contribution is -2.27. The first-order chi connectivity index (χ1) is 9.20. The second-order valence-corrected chi connectivity index (χ2v) is 6.00. The summed E-state index contributed by atoms with van der Waals surface area (Å²) in [6.07, 6.45) is 6.05. The van der Waals surface area contributed by atoms with Crippen molar-refractivity contribution < 1.29 is 4.79 Å². The second kappa shape index (κ2) is 6.75. The van der Waals surface area contributed by atoms with Gasteiger partial charge in [0.05, 0.1) is 0 Å². The highest BCUT2D eigenvalue weighted by Gasteiger charge is 2.19. The Hall–Kier alpha value is -1.30. The standard InChI is InChI=1S/C13H22N4OS/c1-2-7-16-13-17-11(14)10(19-13)12(18)15-8-6-9-4-3-5-9/h9H,2-8,14H2,1H3,(H,15,18)(H,16,17). The molecule has 1 aliphatic carbocycles. The van der Waals surface area contributed by atoms with Gasteiger partial charge in [0.15, 0.2) is 5.13 Å². The molecule has 0 spiro atoms. The molecule has 106 valence electrons. The van der Waals surface area contributed by atoms with Crippen LogP contribution in [0.3, 0.4) is 0 Å². The van der Waals surface area contributed by atoms with Crippen molar-refractivity contribution in [2.75, 3.05) is 24.1 Å². The monoisotopic (exact) mass is 282 g/mol. The van der Waals surface area contributed by atoms with Gasteiger partial charge in [-0.15, -0.1) is 0 Å². The molecule has 1 aromatic heterocycles. The molecule has 0 bridgehead atoms. The molecule has 1 heterocycles. The van der Waals surface area contributed by atoms with E-state index in [0.717, 1.165) is 37.0 Å². The highest BCUT2D eigenvalue weighted by Crippen LogP contribution is 2.29. The Labute approximate surface area is 118 Å². The average molecular weight is 282 g/mol. The van der Waals surface area contributed by atoms with Gasteiger partial charge in [-0.25, -0.2) is 4.98 Å². The number of rotatable bonds is 7. The number of hydrogen-bond donors (Lipinski definition) is 3. The SMILES string of the molecule is CCCNc1nc(N)c(C(=O)NCCC2CCC2)s1. The number of hydrogen-bond acceptors (Lipinski definition) is 5. The zero-order valence-corrected chi connectivity index (χ0v) is 12.2. The maximum absolute atomic E-state index is 12.0. The molecular weight excluding hydrogens is 260 g/mol. The highest BCUT2D eigenvalue weighted by molar-refractivity contribution is 7.18. The van der Waals surface area contributed by atoms with Crippen LogP contribution < -0.4 is 16.4 Å². The summed E-state index contributed by atoms with van der Waals surface area (Å²) in [6, 6.07) is 0. The van der Waals surface area contributed by atoms with Crippen molar-refractivity contribution >= 4 is 28.2 Å². The minimum atomic E-state index is -0.0983. The second-order valence-electron chi connectivity index (χ2n) is 5.00. The van der Waals surface area contributed by atoms with Crippen molar-refractivity contribution in [1.29, 1.82) is 0 Å². The smallest absolute Gasteiger partial charge is 0.265 e. The van der Waals surface area contributed by atoms with E-state index in [-0.39, 0.29) is 5.91 Å². The number of nitrogens with zero attached hydrogens (tertiary/aromatic N) is 1. The molecule has 0 unspecified atom stereocenters. The van der Waals surface area contributed by atoms with E-state index in [1.807, 2.05) is 0 Å². The van der Waals surface area contributed by atoms with E-state index in [1.54, 1.807) is 0 Å². The summed E-state index contributed by atoms with van der Waals surface area (Å²) in [4.78, 5) is 16.7. The van der Waals surface area contributed by atoms with E-state index < -0.39 is 0 Å². The predicted octanol–water partition coefficient (Wildman–Crippen LogP) is 2.47. The van der Waals surface area contributed by atoms with Gasteiger partial charge in [-0.05, 0) is 18.8 Å². The Balaban J connectivity index is 1.81. The first-order valence-corrected chi connectivity index (χ1v) is 7.80. The van der Waals surface area contributed by atoms with Crippen molar-refractivity contribution in [3.05, 3.63) is 4.88 Å². The molecule has 1 saturated carbocycles. The Morgan fingerprint density at radius 1 is 1.47 bits per heavy atom. The molecule has 4 N–H and O–H groups in total. The van der Waals surface area contributed by atoms with E-state index in [2.05, 4.69) is 22.5 Å². The third kappa shape index (κ3) is 3.83. The average Bonchev–Trinajstić information content (AvgIpc) is 2.71. The molecule has 0 aromatic carbocycles. The van der Waals surface area contributed by atoms with Crippen LogP contribution in [0.15, 0.2) is 0 Å². The Morgan fingerprint density at radius 3 is 2.89 bits per heavy atom. The molecule has 19 heavy (non-hydrogen) atoms. The maximum atomic E-state index is 12.0. The fourth-order valence-corrected chi connectivity index (χ4v) is 2.88. The molecule has 0 atom stereocenters. The molecule has 0 radical (unpaired) electrons. The van der Waals surface area contributed by atoms with E-state index in [4.69, 9.17) is 5.73 Å². The van der Waals surface area contributed by atoms with Crippen LogP contribution in [0, 0.1) is 5.92 Å². The van der Waals surface area contributed by atoms with Gasteiger partial charge in [-0.2, -0.15) is 0 Å². The van der Waals surface area contributed by atoms with Gasteiger partial charge in [0, 0.05) is 13.1 Å². The number of nitrogen functional groups attached to an aromatic ring is 1. The van der Waals surface area contributed by atoms with Crippen LogP contribution in [0.5, 0.6) is 0 Å². The van der Waals surface area contributed by atoms with E-state index >= 15 is 0 Å². The number of aromatic nitrogens is 1. The van der Waals surface area contributed by atoms with Crippen LogP contribution in [-0.2, 0) is 0 Å². The van der Waals surface area contributed by atoms with Gasteiger partial charge < -0.3 is 16.4 Å². The number of nitrogens with one attached hydrogen (secondary N) is 2. The minimum absolute atomic E-state index is 0.0983. The fourth-order valence-electron chi connectivity index (χ4n) is 2.05. The van der Waals surface area contributed by atoms with Crippen molar-refractivity contribution in [2.45, 2.75) is 39.0 Å². The normalized spacial score (nSPS) is 15.0. The highest BCUT2D eigenvalue weighted by atomic mass is 32.1. The number of carbonyl (C=O) groups excluding carboxylic acids is 1. The lowest BCUT2D eigenvalue weighted by molar-refractivity contribution is 0.0953. The van der Waals surface area contributed by atoms with Gasteiger partial charge in [-0.1, -0.05) is 37.5 Å². The molecule has 0 saturated heterocycles. The molecule has 1 aromatic rings. The van der Waals surface area contributed by atoms with E-state index in [1.165, 1.54) is 30.6 Å². The summed E-state index contributed by atoms with van der Waals surface area (Å²) >= 11 is 1.33. The molecule has 1 amide bonds. The third-order valence-electron chi connectivity index (χ3n) is 3.45. The molecule has 2 rings (SSSR count). The zero-order valence-electron chi connectivity index (χ0n) is 11.4. The van der Waals surface area contributed by atoms with Crippen LogP contribution in [-0.4, -0.2) is 24.0 Å². The quantitative estimate of drug-likeness (QED) is 0.717. The number of carbonyl (C=O) groups is 1. The summed E-state index contributed by atoms with van der Waals surface area (Å²) in [5.74, 6) is 1.03. The van der Waals surface area contributed by atoms with Gasteiger partial charge in [-0.3, -0.25) is 4.79 Å². The predicted molar refractivity (Wildman–Crippen MR) is 79.6 cm³/mol. The van der Waals surface area contributed by atoms with Gasteiger partial charge in [0.2, 0.25) is 0 Å². The van der Waals surface area contributed by atoms with Gasteiger partial charge >= 0.3 is 0 Å². The summed E-state index contributed by atoms with van der Waals surface area (Å²) in [5.41, 5.74) is 5.78. The Kier molecular flexibility index (Phi) is 5.01. The summed E-state index contributed by atoms with van der Waals surface area (Å²) in [7, 11) is 0. The van der Waals surface area contributed by atoms with Crippen molar-refractivity contribution in [3.8, 4) is 0 Å². The lowest BCUT2D eigenvalue weighted by atomic mass is 9.83. The summed E-state index contributed by atoms with van der Waals surface area (Å²) < 4.78 is 0. The number of anilines is 2. The molecular formula is C13H22N4OS. The fraction of sp³-hybridized carbons (Fsp3) is 0.692. The van der Waals surface area contributed by atoms with Crippen LogP contribution in [0.25, 0.3) is 0 Å². The zero-order chi connectivity index (χ0) is 13.7. The number of amides is 1. The van der Waals surface area contributed by atoms with Gasteiger partial charge in [0.1, 0.15) is 10.7 Å². The van der Waals surface area contributed by atoms with E-state index in [9.17, 15) is 4.79 Å². The van der Waals surface area contributed by atoms with Crippen molar-refractivity contribution in [1.82, 2.24) is 10.3 Å². The molecule has 0 aliphatic heterocycles. The van der Waals surface area contributed by atoms with Crippen LogP contribution >= 0.6 is 11.3 Å². The number of thiazole rings is 1. The first kappa shape index (κ1) is 14.1. The maximum Gasteiger partial charge on any atom is 0.265 e. The first-order valence-electron chi connectivity index (χ1n) is 6.99. The molecule has 5 nitrogen and oxygen atoms in total. The largest absolute Gasteiger partial charge is 0.382 e. The van der Waals surface area contributed by atoms with Crippen molar-refractivity contribution in [3.63, 3.8) is 0 Å².